The molecule has 1 aromatic heterocycles. The summed E-state index contributed by atoms with van der Waals surface area (Å²) in [5.74, 6) is -0.541. The lowest BCUT2D eigenvalue weighted by molar-refractivity contribution is -0.135. The number of thiazole rings is 1. The Morgan fingerprint density at radius 2 is 1.93 bits per heavy atom. The smallest absolute Gasteiger partial charge is 0.350 e. The van der Waals surface area contributed by atoms with Crippen LogP contribution in [0.5, 0.6) is 0 Å². The molecule has 0 spiro atoms. The number of likely N-dealkylation sites (tertiary alicyclic amines) is 1. The lowest BCUT2D eigenvalue weighted by Crippen LogP contribution is -2.44. The molecule has 1 saturated heterocycles. The zero-order valence-electron chi connectivity index (χ0n) is 16.9. The van der Waals surface area contributed by atoms with E-state index in [4.69, 9.17) is 4.74 Å². The largest absolute Gasteiger partial charge is 0.462 e. The molecule has 1 aliphatic carbocycles. The number of esters is 1. The van der Waals surface area contributed by atoms with Crippen LogP contribution in [0.1, 0.15) is 42.3 Å². The molecule has 0 unspecified atom stereocenters. The van der Waals surface area contributed by atoms with Gasteiger partial charge >= 0.3 is 5.97 Å². The monoisotopic (exact) mass is 427 g/mol. The third kappa shape index (κ3) is 4.53. The number of carbonyl (C=O) groups is 3. The first-order valence-corrected chi connectivity index (χ1v) is 11.2. The second kappa shape index (κ2) is 8.95. The van der Waals surface area contributed by atoms with Crippen molar-refractivity contribution in [3.05, 3.63) is 35.2 Å². The molecule has 1 aliphatic heterocycles. The predicted molar refractivity (Wildman–Crippen MR) is 114 cm³/mol. The van der Waals surface area contributed by atoms with E-state index in [1.807, 2.05) is 35.2 Å². The normalized spacial score (nSPS) is 18.7. The number of carbonyl (C=O) groups excluding carboxylic acids is 3. The van der Waals surface area contributed by atoms with E-state index in [9.17, 15) is 14.4 Å². The molecule has 158 valence electrons. The molecule has 30 heavy (non-hydrogen) atoms. The maximum Gasteiger partial charge on any atom is 0.350 e. The molecule has 1 aromatic carbocycles. The average molecular weight is 428 g/mol. The third-order valence-electron chi connectivity index (χ3n) is 5.40. The second-order valence-electron chi connectivity index (χ2n) is 7.67. The SMILES string of the molecule is CCOC(=O)c1sc(NC(=O)[C@H]2CCCN(C(=O)C3CC3)C2)nc1-c1ccccc1. The molecule has 4 rings (SSSR count). The Labute approximate surface area is 179 Å². The highest BCUT2D eigenvalue weighted by Crippen LogP contribution is 2.34. The van der Waals surface area contributed by atoms with E-state index < -0.39 is 5.97 Å². The zero-order chi connectivity index (χ0) is 21.1. The van der Waals surface area contributed by atoms with Crippen molar-refractivity contribution in [2.24, 2.45) is 11.8 Å². The third-order valence-corrected chi connectivity index (χ3v) is 6.35. The number of amides is 2. The summed E-state index contributed by atoms with van der Waals surface area (Å²) in [4.78, 5) is 44.4. The van der Waals surface area contributed by atoms with Crippen molar-refractivity contribution in [3.63, 3.8) is 0 Å². The van der Waals surface area contributed by atoms with Gasteiger partial charge in [0.05, 0.1) is 18.2 Å². The Morgan fingerprint density at radius 1 is 1.17 bits per heavy atom. The highest BCUT2D eigenvalue weighted by molar-refractivity contribution is 7.18. The molecule has 2 aliphatic rings. The van der Waals surface area contributed by atoms with Crippen LogP contribution in [0.15, 0.2) is 30.3 Å². The molecule has 2 fully saturated rings. The highest BCUT2D eigenvalue weighted by atomic mass is 32.1. The fraction of sp³-hybridized carbons (Fsp3) is 0.455. The number of anilines is 1. The fourth-order valence-corrected chi connectivity index (χ4v) is 4.57. The van der Waals surface area contributed by atoms with Crippen LogP contribution in [0.3, 0.4) is 0 Å². The molecule has 1 atom stereocenters. The van der Waals surface area contributed by atoms with E-state index in [-0.39, 0.29) is 30.3 Å². The van der Waals surface area contributed by atoms with Crippen molar-refractivity contribution in [2.45, 2.75) is 32.6 Å². The van der Waals surface area contributed by atoms with E-state index in [1.165, 1.54) is 0 Å². The molecular formula is C22H25N3O4S. The number of nitrogens with zero attached hydrogens (tertiary/aromatic N) is 2. The summed E-state index contributed by atoms with van der Waals surface area (Å²) in [7, 11) is 0. The maximum atomic E-state index is 12.9. The van der Waals surface area contributed by atoms with E-state index >= 15 is 0 Å². The summed E-state index contributed by atoms with van der Waals surface area (Å²) >= 11 is 1.12. The number of ether oxygens (including phenoxy) is 1. The van der Waals surface area contributed by atoms with Crippen LogP contribution in [-0.4, -0.2) is 47.4 Å². The van der Waals surface area contributed by atoms with Crippen molar-refractivity contribution in [3.8, 4) is 11.3 Å². The highest BCUT2D eigenvalue weighted by Gasteiger charge is 2.37. The van der Waals surface area contributed by atoms with Gasteiger partial charge in [0.1, 0.15) is 4.88 Å². The first-order valence-electron chi connectivity index (χ1n) is 10.4. The van der Waals surface area contributed by atoms with Crippen LogP contribution >= 0.6 is 11.3 Å². The van der Waals surface area contributed by atoms with Crippen molar-refractivity contribution in [2.75, 3.05) is 25.0 Å². The van der Waals surface area contributed by atoms with Crippen molar-refractivity contribution in [1.29, 1.82) is 0 Å². The van der Waals surface area contributed by atoms with E-state index in [0.717, 1.165) is 49.1 Å². The van der Waals surface area contributed by atoms with Crippen molar-refractivity contribution < 1.29 is 19.1 Å². The number of hydrogen-bond donors (Lipinski definition) is 1. The Bertz CT molecular complexity index is 939. The van der Waals surface area contributed by atoms with Gasteiger partial charge in [-0.25, -0.2) is 9.78 Å². The van der Waals surface area contributed by atoms with Gasteiger partial charge in [0.25, 0.3) is 0 Å². The van der Waals surface area contributed by atoms with Crippen molar-refractivity contribution >= 4 is 34.3 Å². The van der Waals surface area contributed by atoms with E-state index in [2.05, 4.69) is 10.3 Å². The molecule has 2 amide bonds. The number of nitrogens with one attached hydrogen (secondary N) is 1. The van der Waals surface area contributed by atoms with Gasteiger partial charge in [0.2, 0.25) is 11.8 Å². The lowest BCUT2D eigenvalue weighted by Gasteiger charge is -2.32. The summed E-state index contributed by atoms with van der Waals surface area (Å²) < 4.78 is 5.17. The minimum atomic E-state index is -0.451. The molecule has 7 nitrogen and oxygen atoms in total. The van der Waals surface area contributed by atoms with Gasteiger partial charge < -0.3 is 15.0 Å². The Hall–Kier alpha value is -2.74. The Balaban J connectivity index is 1.50. The van der Waals surface area contributed by atoms with Gasteiger partial charge in [-0.3, -0.25) is 9.59 Å². The average Bonchev–Trinajstić information content (AvgIpc) is 3.54. The van der Waals surface area contributed by atoms with Gasteiger partial charge in [-0.2, -0.15) is 0 Å². The molecule has 2 aromatic rings. The van der Waals surface area contributed by atoms with E-state index in [0.29, 0.717) is 22.2 Å². The summed E-state index contributed by atoms with van der Waals surface area (Å²) in [6, 6.07) is 9.36. The van der Waals surface area contributed by atoms with Gasteiger partial charge in [0, 0.05) is 24.6 Å². The molecular weight excluding hydrogens is 402 g/mol. The second-order valence-corrected chi connectivity index (χ2v) is 8.67. The number of aromatic nitrogens is 1. The molecule has 0 radical (unpaired) electrons. The molecule has 1 N–H and O–H groups in total. The van der Waals surface area contributed by atoms with Crippen LogP contribution in [0.25, 0.3) is 11.3 Å². The molecule has 8 heteroatoms. The van der Waals surface area contributed by atoms with Crippen molar-refractivity contribution in [1.82, 2.24) is 9.88 Å². The summed E-state index contributed by atoms with van der Waals surface area (Å²) in [6.45, 7) is 3.19. The Morgan fingerprint density at radius 3 is 2.63 bits per heavy atom. The first-order chi connectivity index (χ1) is 14.6. The van der Waals surface area contributed by atoms with Crippen LogP contribution in [0.4, 0.5) is 5.13 Å². The van der Waals surface area contributed by atoms with Crippen LogP contribution in [-0.2, 0) is 14.3 Å². The van der Waals surface area contributed by atoms with Crippen LogP contribution in [0, 0.1) is 11.8 Å². The minimum Gasteiger partial charge on any atom is -0.462 e. The number of benzene rings is 1. The lowest BCUT2D eigenvalue weighted by atomic mass is 9.97. The molecule has 1 saturated carbocycles. The van der Waals surface area contributed by atoms with Gasteiger partial charge in [-0.1, -0.05) is 41.7 Å². The van der Waals surface area contributed by atoms with Crippen LogP contribution < -0.4 is 5.32 Å². The first kappa shape index (κ1) is 20.5. The summed E-state index contributed by atoms with van der Waals surface area (Å²) in [5, 5.41) is 3.23. The van der Waals surface area contributed by atoms with E-state index in [1.54, 1.807) is 6.92 Å². The van der Waals surface area contributed by atoms with Gasteiger partial charge in [-0.15, -0.1) is 0 Å². The van der Waals surface area contributed by atoms with Gasteiger partial charge in [-0.05, 0) is 32.6 Å². The summed E-state index contributed by atoms with van der Waals surface area (Å²) in [6.07, 6.45) is 3.48. The minimum absolute atomic E-state index is 0.159. The molecule has 2 heterocycles. The Kier molecular flexibility index (Phi) is 6.13. The zero-order valence-corrected chi connectivity index (χ0v) is 17.7. The summed E-state index contributed by atoms with van der Waals surface area (Å²) in [5.41, 5.74) is 1.29. The quantitative estimate of drug-likeness (QED) is 0.712. The maximum absolute atomic E-state index is 12.9. The predicted octanol–water partition coefficient (Wildman–Crippen LogP) is 3.57. The van der Waals surface area contributed by atoms with Crippen LogP contribution in [0.2, 0.25) is 0 Å². The standard InChI is InChI=1S/C22H25N3O4S/c1-2-29-21(28)18-17(14-7-4-3-5-8-14)23-22(30-18)24-19(26)16-9-6-12-25(13-16)20(27)15-10-11-15/h3-5,7-8,15-16H,2,6,9-13H2,1H3,(H,23,24,26)/t16-/m0/s1. The number of rotatable bonds is 6. The topological polar surface area (TPSA) is 88.6 Å². The van der Waals surface area contributed by atoms with Gasteiger partial charge in [0.15, 0.2) is 5.13 Å². The number of piperidine rings is 1. The fourth-order valence-electron chi connectivity index (χ4n) is 3.69. The molecule has 0 bridgehead atoms. The number of hydrogen-bond acceptors (Lipinski definition) is 6.